The summed E-state index contributed by atoms with van der Waals surface area (Å²) in [6.07, 6.45) is 1.16. The molecule has 0 heterocycles. The van der Waals surface area contributed by atoms with Crippen LogP contribution >= 0.6 is 12.0 Å². The third-order valence-corrected chi connectivity index (χ3v) is 2.32. The van der Waals surface area contributed by atoms with Gasteiger partial charge in [0.15, 0.2) is 0 Å². The van der Waals surface area contributed by atoms with E-state index in [1.807, 2.05) is 7.05 Å². The van der Waals surface area contributed by atoms with Gasteiger partial charge in [-0.15, -0.1) is 0 Å². The van der Waals surface area contributed by atoms with E-state index in [0.717, 1.165) is 12.2 Å². The van der Waals surface area contributed by atoms with Crippen molar-refractivity contribution in [1.82, 2.24) is 5.32 Å². The molecular formula is C8H19NO2S. The molecule has 12 heavy (non-hydrogen) atoms. The number of nitrogens with one attached hydrogen (secondary N) is 1. The summed E-state index contributed by atoms with van der Waals surface area (Å²) in [5.41, 5.74) is 0. The molecule has 0 fully saturated rings. The molecule has 0 radical (unpaired) electrons. The van der Waals surface area contributed by atoms with E-state index < -0.39 is 0 Å². The van der Waals surface area contributed by atoms with Crippen LogP contribution < -0.4 is 5.32 Å². The summed E-state index contributed by atoms with van der Waals surface area (Å²) in [6, 6.07) is 0.505. The lowest BCUT2D eigenvalue weighted by molar-refractivity contribution is -0.160. The van der Waals surface area contributed by atoms with Crippen molar-refractivity contribution in [2.24, 2.45) is 5.92 Å². The highest BCUT2D eigenvalue weighted by Crippen LogP contribution is 2.11. The predicted molar refractivity (Wildman–Crippen MR) is 52.9 cm³/mol. The van der Waals surface area contributed by atoms with E-state index in [9.17, 15) is 0 Å². The first kappa shape index (κ1) is 12.2. The minimum absolute atomic E-state index is 0.505. The first-order valence-electron chi connectivity index (χ1n) is 4.20. The summed E-state index contributed by atoms with van der Waals surface area (Å²) in [5, 5.41) is 3.24. The third-order valence-electron chi connectivity index (χ3n) is 1.55. The lowest BCUT2D eigenvalue weighted by Crippen LogP contribution is -2.29. The maximum Gasteiger partial charge on any atom is 0.0725 e. The zero-order valence-corrected chi connectivity index (χ0v) is 9.11. The average Bonchev–Trinajstić information content (AvgIpc) is 2.02. The Labute approximate surface area is 79.3 Å². The van der Waals surface area contributed by atoms with E-state index >= 15 is 0 Å². The maximum absolute atomic E-state index is 4.72. The van der Waals surface area contributed by atoms with Gasteiger partial charge in [-0.3, -0.25) is 0 Å². The van der Waals surface area contributed by atoms with E-state index in [0.29, 0.717) is 12.0 Å². The van der Waals surface area contributed by atoms with Crippen LogP contribution in [0.1, 0.15) is 20.3 Å². The molecule has 1 N–H and O–H groups in total. The van der Waals surface area contributed by atoms with Crippen LogP contribution in [0.5, 0.6) is 0 Å². The fraction of sp³-hybridized carbons (Fsp3) is 1.00. The lowest BCUT2D eigenvalue weighted by atomic mass is 10.1. The Balaban J connectivity index is 3.39. The topological polar surface area (TPSA) is 30.5 Å². The summed E-state index contributed by atoms with van der Waals surface area (Å²) in [5.74, 6) is 1.63. The van der Waals surface area contributed by atoms with E-state index in [4.69, 9.17) is 4.33 Å². The van der Waals surface area contributed by atoms with Crippen LogP contribution in [0.2, 0.25) is 0 Å². The molecule has 1 atom stereocenters. The van der Waals surface area contributed by atoms with Crippen LogP contribution in [0.3, 0.4) is 0 Å². The lowest BCUT2D eigenvalue weighted by Gasteiger charge is -2.16. The normalized spacial score (nSPS) is 13.8. The summed E-state index contributed by atoms with van der Waals surface area (Å²) < 4.78 is 4.72. The van der Waals surface area contributed by atoms with Crippen LogP contribution in [-0.4, -0.2) is 26.0 Å². The molecule has 0 amide bonds. The molecule has 0 aromatic heterocycles. The van der Waals surface area contributed by atoms with Gasteiger partial charge in [-0.05, 0) is 19.4 Å². The van der Waals surface area contributed by atoms with E-state index in [1.165, 1.54) is 19.2 Å². The van der Waals surface area contributed by atoms with Crippen molar-refractivity contribution in [2.75, 3.05) is 19.9 Å². The smallest absolute Gasteiger partial charge is 0.0725 e. The highest BCUT2D eigenvalue weighted by atomic mass is 32.2. The van der Waals surface area contributed by atoms with Crippen molar-refractivity contribution < 1.29 is 9.22 Å². The molecular weight excluding hydrogens is 174 g/mol. The molecule has 0 bridgehead atoms. The van der Waals surface area contributed by atoms with Crippen LogP contribution in [0.4, 0.5) is 0 Å². The first-order chi connectivity index (χ1) is 5.70. The number of hydrogen-bond donors (Lipinski definition) is 1. The van der Waals surface area contributed by atoms with Crippen LogP contribution in [-0.2, 0) is 9.22 Å². The Morgan fingerprint density at radius 3 is 2.50 bits per heavy atom. The van der Waals surface area contributed by atoms with Gasteiger partial charge in [0.05, 0.1) is 7.11 Å². The molecule has 0 saturated carbocycles. The molecule has 0 aliphatic rings. The Bertz CT molecular complexity index is 101. The monoisotopic (exact) mass is 193 g/mol. The minimum Gasteiger partial charge on any atom is -0.316 e. The van der Waals surface area contributed by atoms with Gasteiger partial charge in [0.25, 0.3) is 0 Å². The second-order valence-corrected chi connectivity index (χ2v) is 3.84. The molecule has 0 aromatic carbocycles. The molecule has 0 aliphatic heterocycles. The Morgan fingerprint density at radius 1 is 1.42 bits per heavy atom. The third kappa shape index (κ3) is 6.91. The number of hydrogen-bond acceptors (Lipinski definition) is 4. The molecule has 0 rings (SSSR count). The van der Waals surface area contributed by atoms with Gasteiger partial charge >= 0.3 is 0 Å². The SMILES string of the molecule is CNC(CSOOC)CC(C)C. The van der Waals surface area contributed by atoms with Crippen molar-refractivity contribution in [2.45, 2.75) is 26.3 Å². The number of rotatable bonds is 7. The van der Waals surface area contributed by atoms with Crippen molar-refractivity contribution in [1.29, 1.82) is 0 Å². The quantitative estimate of drug-likeness (QED) is 0.289. The summed E-state index contributed by atoms with van der Waals surface area (Å²) in [7, 11) is 3.49. The molecule has 0 aromatic rings. The van der Waals surface area contributed by atoms with Crippen molar-refractivity contribution >= 4 is 12.0 Å². The summed E-state index contributed by atoms with van der Waals surface area (Å²) >= 11 is 1.34. The molecule has 74 valence electrons. The summed E-state index contributed by atoms with van der Waals surface area (Å²) in [6.45, 7) is 4.43. The highest BCUT2D eigenvalue weighted by molar-refractivity contribution is 7.94. The van der Waals surface area contributed by atoms with E-state index in [-0.39, 0.29) is 0 Å². The van der Waals surface area contributed by atoms with Gasteiger partial charge < -0.3 is 5.32 Å². The first-order valence-corrected chi connectivity index (χ1v) is 5.11. The zero-order chi connectivity index (χ0) is 9.40. The van der Waals surface area contributed by atoms with Gasteiger partial charge in [0.2, 0.25) is 0 Å². The second-order valence-electron chi connectivity index (χ2n) is 3.13. The maximum atomic E-state index is 4.72. The Morgan fingerprint density at radius 2 is 2.08 bits per heavy atom. The average molecular weight is 193 g/mol. The highest BCUT2D eigenvalue weighted by Gasteiger charge is 2.08. The van der Waals surface area contributed by atoms with E-state index in [2.05, 4.69) is 24.1 Å². The standard InChI is InChI=1S/C8H19NO2S/c1-7(2)5-8(9-3)6-12-11-10-4/h7-9H,5-6H2,1-4H3. The van der Waals surface area contributed by atoms with E-state index in [1.54, 1.807) is 0 Å². The predicted octanol–water partition coefficient (Wildman–Crippen LogP) is 1.85. The summed E-state index contributed by atoms with van der Waals surface area (Å²) in [4.78, 5) is 4.48. The van der Waals surface area contributed by atoms with Gasteiger partial charge in [-0.1, -0.05) is 13.8 Å². The van der Waals surface area contributed by atoms with Crippen LogP contribution in [0.15, 0.2) is 0 Å². The van der Waals surface area contributed by atoms with Crippen molar-refractivity contribution in [3.8, 4) is 0 Å². The largest absolute Gasteiger partial charge is 0.316 e. The van der Waals surface area contributed by atoms with Crippen molar-refractivity contribution in [3.05, 3.63) is 0 Å². The Hall–Kier alpha value is 0.230. The molecule has 3 nitrogen and oxygen atoms in total. The molecule has 4 heteroatoms. The van der Waals surface area contributed by atoms with Crippen LogP contribution in [0.25, 0.3) is 0 Å². The Kier molecular flexibility index (Phi) is 8.01. The molecule has 0 spiro atoms. The van der Waals surface area contributed by atoms with Crippen LogP contribution in [0, 0.1) is 5.92 Å². The minimum atomic E-state index is 0.505. The van der Waals surface area contributed by atoms with Gasteiger partial charge in [0, 0.05) is 23.8 Å². The van der Waals surface area contributed by atoms with Gasteiger partial charge in [0.1, 0.15) is 0 Å². The fourth-order valence-corrected chi connectivity index (χ4v) is 1.62. The van der Waals surface area contributed by atoms with Gasteiger partial charge in [-0.25, -0.2) is 4.89 Å². The van der Waals surface area contributed by atoms with Crippen molar-refractivity contribution in [3.63, 3.8) is 0 Å². The fourth-order valence-electron chi connectivity index (χ4n) is 0.996. The zero-order valence-electron chi connectivity index (χ0n) is 8.29. The molecule has 0 aliphatic carbocycles. The molecule has 0 saturated heterocycles. The molecule has 1 unspecified atom stereocenters. The van der Waals surface area contributed by atoms with Gasteiger partial charge in [-0.2, -0.15) is 4.33 Å². The second kappa shape index (κ2) is 7.86.